The zero-order chi connectivity index (χ0) is 17.9. The van der Waals surface area contributed by atoms with E-state index >= 15 is 0 Å². The molecule has 0 bridgehead atoms. The smallest absolute Gasteiger partial charge is 0.304 e. The summed E-state index contributed by atoms with van der Waals surface area (Å²) in [5.74, 6) is 2.38. The second-order valence-electron chi connectivity index (χ2n) is 5.45. The van der Waals surface area contributed by atoms with Crippen molar-refractivity contribution in [3.8, 4) is 0 Å². The first-order chi connectivity index (χ1) is 11.7. The molecule has 0 saturated carbocycles. The van der Waals surface area contributed by atoms with Crippen molar-refractivity contribution in [2.75, 3.05) is 23.0 Å². The molecule has 0 aliphatic rings. The van der Waals surface area contributed by atoms with Gasteiger partial charge in [-0.15, -0.1) is 0 Å². The Morgan fingerprint density at radius 1 is 1.00 bits per heavy atom. The number of carbonyl (C=O) groups is 1. The van der Waals surface area contributed by atoms with Crippen LogP contribution in [0.4, 0.5) is 0 Å². The molecule has 0 amide bonds. The lowest BCUT2D eigenvalue weighted by atomic mass is 10.2. The molecule has 0 saturated heterocycles. The van der Waals surface area contributed by atoms with E-state index in [-0.39, 0.29) is 12.2 Å². The predicted octanol–water partition coefficient (Wildman–Crippen LogP) is 4.97. The van der Waals surface area contributed by atoms with Crippen molar-refractivity contribution in [1.82, 2.24) is 0 Å². The summed E-state index contributed by atoms with van der Waals surface area (Å²) >= 11 is 1.97. The van der Waals surface area contributed by atoms with Gasteiger partial charge in [-0.25, -0.2) is 0 Å². The van der Waals surface area contributed by atoms with Gasteiger partial charge in [-0.2, -0.15) is 11.8 Å². The third kappa shape index (κ3) is 19.2. The van der Waals surface area contributed by atoms with Crippen LogP contribution in [0.3, 0.4) is 0 Å². The Morgan fingerprint density at radius 2 is 1.67 bits per heavy atom. The van der Waals surface area contributed by atoms with Gasteiger partial charge in [0, 0.05) is 28.1 Å². The second-order valence-corrected chi connectivity index (χ2v) is 8.29. The monoisotopic (exact) mass is 372 g/mol. The minimum atomic E-state index is -0.981. The zero-order valence-corrected chi connectivity index (χ0v) is 16.5. The number of rotatable bonds is 16. The Morgan fingerprint density at radius 3 is 2.33 bits per heavy atom. The second kappa shape index (κ2) is 18.5. The molecule has 0 radical (unpaired) electrons. The van der Waals surface area contributed by atoms with Crippen LogP contribution in [0.15, 0.2) is 36.5 Å². The maximum Gasteiger partial charge on any atom is 0.304 e. The van der Waals surface area contributed by atoms with Crippen LogP contribution in [0.25, 0.3) is 0 Å². The Hall–Kier alpha value is -0.810. The molecule has 24 heavy (non-hydrogen) atoms. The first-order valence-corrected chi connectivity index (χ1v) is 11.4. The van der Waals surface area contributed by atoms with Crippen LogP contribution in [-0.4, -0.2) is 38.3 Å². The van der Waals surface area contributed by atoms with Gasteiger partial charge in [0.05, 0.1) is 6.42 Å². The van der Waals surface area contributed by atoms with Crippen molar-refractivity contribution in [2.24, 2.45) is 0 Å². The SMILES string of the molecule is CCCSC/C=C/C/C=C/C/C=C/CCCCS(=O)CCC(=O)O. The highest BCUT2D eigenvalue weighted by Crippen LogP contribution is 2.03. The standard InChI is InChI=1S/C19H32O3S2/c1-2-15-23-16-12-10-8-6-4-3-5-7-9-11-13-17-24(22)18-14-19(20)21/h4-7,10,12H,2-3,8-9,11,13-18H2,1H3,(H,20,21)/b6-4+,7-5+,12-10+. The minimum Gasteiger partial charge on any atom is -0.481 e. The van der Waals surface area contributed by atoms with Crippen LogP contribution in [0.2, 0.25) is 0 Å². The molecule has 1 unspecified atom stereocenters. The number of aliphatic carboxylic acids is 1. The van der Waals surface area contributed by atoms with Gasteiger partial charge in [-0.3, -0.25) is 9.00 Å². The van der Waals surface area contributed by atoms with E-state index in [4.69, 9.17) is 5.11 Å². The van der Waals surface area contributed by atoms with Crippen molar-refractivity contribution >= 4 is 28.5 Å². The quantitative estimate of drug-likeness (QED) is 0.307. The summed E-state index contributed by atoms with van der Waals surface area (Å²) in [6.45, 7) is 2.20. The van der Waals surface area contributed by atoms with Gasteiger partial charge < -0.3 is 5.11 Å². The van der Waals surface area contributed by atoms with E-state index in [1.165, 1.54) is 12.2 Å². The number of hydrogen-bond acceptors (Lipinski definition) is 3. The summed E-state index contributed by atoms with van der Waals surface area (Å²) in [6.07, 6.45) is 19.3. The summed E-state index contributed by atoms with van der Waals surface area (Å²) in [5.41, 5.74) is 0. The molecule has 1 N–H and O–H groups in total. The zero-order valence-electron chi connectivity index (χ0n) is 14.8. The molecule has 1 atom stereocenters. The number of carboxylic acid groups (broad SMARTS) is 1. The average molecular weight is 373 g/mol. The Balaban J connectivity index is 3.41. The maximum absolute atomic E-state index is 11.5. The van der Waals surface area contributed by atoms with Gasteiger partial charge in [-0.1, -0.05) is 43.4 Å². The Labute approximate surface area is 154 Å². The maximum atomic E-state index is 11.5. The lowest BCUT2D eigenvalue weighted by molar-refractivity contribution is -0.136. The summed E-state index contributed by atoms with van der Waals surface area (Å²) in [4.78, 5) is 10.4. The first kappa shape index (κ1) is 23.2. The van der Waals surface area contributed by atoms with Crippen molar-refractivity contribution in [2.45, 2.75) is 51.9 Å². The summed E-state index contributed by atoms with van der Waals surface area (Å²) in [5, 5.41) is 8.51. The van der Waals surface area contributed by atoms with E-state index in [1.54, 1.807) is 0 Å². The Kier molecular flexibility index (Phi) is 17.9. The summed E-state index contributed by atoms with van der Waals surface area (Å²) in [6, 6.07) is 0. The van der Waals surface area contributed by atoms with Gasteiger partial charge in [-0.05, 0) is 44.3 Å². The fourth-order valence-corrected chi connectivity index (χ4v) is 3.71. The van der Waals surface area contributed by atoms with Gasteiger partial charge in [0.15, 0.2) is 0 Å². The lowest BCUT2D eigenvalue weighted by Gasteiger charge is -1.99. The fourth-order valence-electron chi connectivity index (χ4n) is 1.85. The lowest BCUT2D eigenvalue weighted by Crippen LogP contribution is -2.07. The minimum absolute atomic E-state index is 0.00557. The van der Waals surface area contributed by atoms with Gasteiger partial charge in [0.25, 0.3) is 0 Å². The van der Waals surface area contributed by atoms with E-state index in [0.29, 0.717) is 5.75 Å². The van der Waals surface area contributed by atoms with Gasteiger partial charge in [0.2, 0.25) is 0 Å². The van der Waals surface area contributed by atoms with Crippen LogP contribution in [0.1, 0.15) is 51.9 Å². The van der Waals surface area contributed by atoms with Crippen molar-refractivity contribution in [3.05, 3.63) is 36.5 Å². The molecular formula is C19H32O3S2. The molecule has 0 aromatic heterocycles. The van der Waals surface area contributed by atoms with Crippen LogP contribution in [0, 0.1) is 0 Å². The van der Waals surface area contributed by atoms with E-state index in [1.807, 2.05) is 11.8 Å². The van der Waals surface area contributed by atoms with Crippen molar-refractivity contribution in [3.63, 3.8) is 0 Å². The third-order valence-corrected chi connectivity index (χ3v) is 5.67. The van der Waals surface area contributed by atoms with Crippen LogP contribution in [0.5, 0.6) is 0 Å². The van der Waals surface area contributed by atoms with Crippen molar-refractivity contribution < 1.29 is 14.1 Å². The molecule has 3 nitrogen and oxygen atoms in total. The average Bonchev–Trinajstić information content (AvgIpc) is 2.56. The fraction of sp³-hybridized carbons (Fsp3) is 0.632. The van der Waals surface area contributed by atoms with E-state index in [9.17, 15) is 9.00 Å². The number of hydrogen-bond donors (Lipinski definition) is 1. The molecule has 0 aromatic carbocycles. The summed E-state index contributed by atoms with van der Waals surface area (Å²) in [7, 11) is -0.981. The van der Waals surface area contributed by atoms with Gasteiger partial charge >= 0.3 is 5.97 Å². The molecule has 0 fully saturated rings. The highest BCUT2D eigenvalue weighted by Gasteiger charge is 2.02. The number of thioether (sulfide) groups is 1. The van der Waals surface area contributed by atoms with Gasteiger partial charge in [0.1, 0.15) is 0 Å². The van der Waals surface area contributed by atoms with Crippen LogP contribution < -0.4 is 0 Å². The highest BCUT2D eigenvalue weighted by atomic mass is 32.2. The molecule has 0 aromatic rings. The van der Waals surface area contributed by atoms with Crippen molar-refractivity contribution in [1.29, 1.82) is 0 Å². The molecule has 5 heteroatoms. The van der Waals surface area contributed by atoms with E-state index in [2.05, 4.69) is 43.4 Å². The highest BCUT2D eigenvalue weighted by molar-refractivity contribution is 7.99. The largest absolute Gasteiger partial charge is 0.481 e. The normalized spacial score (nSPS) is 13.4. The van der Waals surface area contributed by atoms with E-state index < -0.39 is 16.8 Å². The predicted molar refractivity (Wildman–Crippen MR) is 108 cm³/mol. The summed E-state index contributed by atoms with van der Waals surface area (Å²) < 4.78 is 11.5. The number of unbranched alkanes of at least 4 members (excludes halogenated alkanes) is 2. The van der Waals surface area contributed by atoms with E-state index in [0.717, 1.165) is 37.9 Å². The first-order valence-electron chi connectivity index (χ1n) is 8.76. The Bertz CT molecular complexity index is 415. The number of allylic oxidation sites excluding steroid dienone is 5. The molecular weight excluding hydrogens is 340 g/mol. The molecule has 0 aliphatic carbocycles. The molecule has 0 aliphatic heterocycles. The topological polar surface area (TPSA) is 54.4 Å². The molecule has 0 heterocycles. The molecule has 0 rings (SSSR count). The van der Waals surface area contributed by atoms with Crippen LogP contribution in [-0.2, 0) is 15.6 Å². The van der Waals surface area contributed by atoms with Crippen LogP contribution >= 0.6 is 11.8 Å². The number of carboxylic acids is 1. The molecule has 0 spiro atoms. The third-order valence-electron chi connectivity index (χ3n) is 3.14. The molecule has 138 valence electrons.